The number of para-hydroxylation sites is 1. The summed E-state index contributed by atoms with van der Waals surface area (Å²) >= 11 is 0. The van der Waals surface area contributed by atoms with E-state index in [0.29, 0.717) is 19.4 Å². The van der Waals surface area contributed by atoms with Crippen molar-refractivity contribution in [1.29, 1.82) is 0 Å². The molecular formula is C20H32N2O3. The summed E-state index contributed by atoms with van der Waals surface area (Å²) in [6.07, 6.45) is 1.60. The van der Waals surface area contributed by atoms with E-state index >= 15 is 0 Å². The maximum absolute atomic E-state index is 12.3. The van der Waals surface area contributed by atoms with Crippen LogP contribution in [0, 0.1) is 0 Å². The molecule has 0 spiro atoms. The number of amides is 1. The van der Waals surface area contributed by atoms with Crippen LogP contribution in [-0.2, 0) is 16.0 Å². The van der Waals surface area contributed by atoms with E-state index < -0.39 is 0 Å². The lowest BCUT2D eigenvalue weighted by Crippen LogP contribution is -2.58. The van der Waals surface area contributed by atoms with Crippen molar-refractivity contribution in [3.8, 4) is 5.75 Å². The molecule has 0 saturated carbocycles. The summed E-state index contributed by atoms with van der Waals surface area (Å²) in [5.74, 6) is 0.917. The Kier molecular flexibility index (Phi) is 6.85. The van der Waals surface area contributed by atoms with Crippen molar-refractivity contribution in [3.63, 3.8) is 0 Å². The van der Waals surface area contributed by atoms with Gasteiger partial charge in [-0.15, -0.1) is 0 Å². The number of nitrogens with one attached hydrogen (secondary N) is 1. The second kappa shape index (κ2) is 8.68. The second-order valence-electron chi connectivity index (χ2n) is 7.56. The molecule has 1 amide bonds. The normalized spacial score (nSPS) is 21.8. The molecule has 0 aliphatic carbocycles. The van der Waals surface area contributed by atoms with E-state index in [1.165, 1.54) is 0 Å². The number of carbonyl (C=O) groups is 1. The lowest BCUT2D eigenvalue weighted by molar-refractivity contribution is -0.122. The fraction of sp³-hybridized carbons (Fsp3) is 0.650. The number of benzene rings is 1. The molecule has 1 aromatic carbocycles. The highest BCUT2D eigenvalue weighted by Gasteiger charge is 2.33. The molecule has 0 radical (unpaired) electrons. The molecule has 2 rings (SSSR count). The number of rotatable bonds is 7. The minimum Gasteiger partial charge on any atom is -0.496 e. The summed E-state index contributed by atoms with van der Waals surface area (Å²) in [6.45, 7) is 11.0. The highest BCUT2D eigenvalue weighted by atomic mass is 16.5. The SMILES string of the molecule is COc1ccccc1CCC(=O)NCC(C)(C)N1C[C@@H](C)O[C@@H](C)C1. The zero-order valence-electron chi connectivity index (χ0n) is 16.2. The first-order valence-electron chi connectivity index (χ1n) is 9.11. The van der Waals surface area contributed by atoms with Crippen molar-refractivity contribution in [2.75, 3.05) is 26.7 Å². The van der Waals surface area contributed by atoms with Gasteiger partial charge in [0.05, 0.1) is 19.3 Å². The Hall–Kier alpha value is -1.59. The average molecular weight is 348 g/mol. The Morgan fingerprint density at radius 1 is 1.28 bits per heavy atom. The van der Waals surface area contributed by atoms with Gasteiger partial charge in [0, 0.05) is 31.6 Å². The first-order chi connectivity index (χ1) is 11.8. The Balaban J connectivity index is 1.82. The van der Waals surface area contributed by atoms with E-state index in [9.17, 15) is 4.79 Å². The number of methoxy groups -OCH3 is 1. The van der Waals surface area contributed by atoms with Gasteiger partial charge in [-0.25, -0.2) is 0 Å². The van der Waals surface area contributed by atoms with Crippen molar-refractivity contribution in [2.24, 2.45) is 0 Å². The van der Waals surface area contributed by atoms with Crippen molar-refractivity contribution < 1.29 is 14.3 Å². The van der Waals surface area contributed by atoms with Crippen LogP contribution in [0.1, 0.15) is 39.7 Å². The van der Waals surface area contributed by atoms with Crippen LogP contribution >= 0.6 is 0 Å². The van der Waals surface area contributed by atoms with Gasteiger partial charge in [-0.05, 0) is 45.7 Å². The van der Waals surface area contributed by atoms with Crippen LogP contribution in [-0.4, -0.2) is 55.3 Å². The van der Waals surface area contributed by atoms with Gasteiger partial charge >= 0.3 is 0 Å². The Morgan fingerprint density at radius 3 is 2.56 bits per heavy atom. The largest absolute Gasteiger partial charge is 0.496 e. The van der Waals surface area contributed by atoms with Gasteiger partial charge in [0.2, 0.25) is 5.91 Å². The zero-order valence-corrected chi connectivity index (χ0v) is 16.2. The monoisotopic (exact) mass is 348 g/mol. The fourth-order valence-corrected chi connectivity index (χ4v) is 3.34. The Bertz CT molecular complexity index is 564. The molecule has 5 heteroatoms. The minimum absolute atomic E-state index is 0.0772. The molecule has 25 heavy (non-hydrogen) atoms. The lowest BCUT2D eigenvalue weighted by Gasteiger charge is -2.45. The number of nitrogens with zero attached hydrogens (tertiary/aromatic N) is 1. The quantitative estimate of drug-likeness (QED) is 0.823. The van der Waals surface area contributed by atoms with Crippen LogP contribution in [0.5, 0.6) is 5.75 Å². The molecule has 2 atom stereocenters. The van der Waals surface area contributed by atoms with Crippen LogP contribution in [0.3, 0.4) is 0 Å². The molecule has 1 fully saturated rings. The summed E-state index contributed by atoms with van der Waals surface area (Å²) in [4.78, 5) is 14.7. The maximum atomic E-state index is 12.3. The molecule has 0 unspecified atom stereocenters. The van der Waals surface area contributed by atoms with E-state index in [1.807, 2.05) is 24.3 Å². The van der Waals surface area contributed by atoms with Crippen LogP contribution in [0.4, 0.5) is 0 Å². The molecule has 1 saturated heterocycles. The molecular weight excluding hydrogens is 316 g/mol. The van der Waals surface area contributed by atoms with Crippen molar-refractivity contribution in [3.05, 3.63) is 29.8 Å². The van der Waals surface area contributed by atoms with Crippen LogP contribution < -0.4 is 10.1 Å². The fourth-order valence-electron chi connectivity index (χ4n) is 3.34. The van der Waals surface area contributed by atoms with E-state index in [4.69, 9.17) is 9.47 Å². The third-order valence-corrected chi connectivity index (χ3v) is 4.81. The van der Waals surface area contributed by atoms with Crippen molar-refractivity contribution in [2.45, 2.75) is 58.3 Å². The van der Waals surface area contributed by atoms with Gasteiger partial charge in [0.25, 0.3) is 0 Å². The van der Waals surface area contributed by atoms with E-state index in [-0.39, 0.29) is 23.7 Å². The molecule has 0 aromatic heterocycles. The van der Waals surface area contributed by atoms with Gasteiger partial charge in [0.15, 0.2) is 0 Å². The van der Waals surface area contributed by atoms with Crippen LogP contribution in [0.15, 0.2) is 24.3 Å². The number of hydrogen-bond donors (Lipinski definition) is 1. The molecule has 1 aliphatic rings. The molecule has 1 N–H and O–H groups in total. The number of carbonyl (C=O) groups excluding carboxylic acids is 1. The van der Waals surface area contributed by atoms with Crippen LogP contribution in [0.2, 0.25) is 0 Å². The average Bonchev–Trinajstić information content (AvgIpc) is 2.57. The Morgan fingerprint density at radius 2 is 1.92 bits per heavy atom. The van der Waals surface area contributed by atoms with Gasteiger partial charge < -0.3 is 14.8 Å². The molecule has 140 valence electrons. The highest BCUT2D eigenvalue weighted by Crippen LogP contribution is 2.21. The summed E-state index contributed by atoms with van der Waals surface area (Å²) in [5.41, 5.74) is 0.974. The topological polar surface area (TPSA) is 50.8 Å². The molecule has 5 nitrogen and oxygen atoms in total. The molecule has 1 aromatic rings. The summed E-state index contributed by atoms with van der Waals surface area (Å²) in [5, 5.41) is 3.10. The number of hydrogen-bond acceptors (Lipinski definition) is 4. The van der Waals surface area contributed by atoms with Crippen molar-refractivity contribution in [1.82, 2.24) is 10.2 Å². The zero-order chi connectivity index (χ0) is 18.4. The molecule has 0 bridgehead atoms. The third kappa shape index (κ3) is 5.72. The Labute approximate surface area is 151 Å². The van der Waals surface area contributed by atoms with E-state index in [2.05, 4.69) is 37.9 Å². The van der Waals surface area contributed by atoms with Gasteiger partial charge in [0.1, 0.15) is 5.75 Å². The summed E-state index contributed by atoms with van der Waals surface area (Å²) in [7, 11) is 1.66. The lowest BCUT2D eigenvalue weighted by atomic mass is 10.00. The first-order valence-corrected chi connectivity index (χ1v) is 9.11. The molecule has 1 heterocycles. The summed E-state index contributed by atoms with van der Waals surface area (Å²) < 4.78 is 11.1. The second-order valence-corrected chi connectivity index (χ2v) is 7.56. The minimum atomic E-state index is -0.0909. The van der Waals surface area contributed by atoms with Crippen molar-refractivity contribution >= 4 is 5.91 Å². The predicted molar refractivity (Wildman–Crippen MR) is 100.0 cm³/mol. The van der Waals surface area contributed by atoms with E-state index in [1.54, 1.807) is 7.11 Å². The standard InChI is InChI=1S/C20H32N2O3/c1-15-12-22(13-16(2)25-15)20(3,4)14-21-19(23)11-10-17-8-6-7-9-18(17)24-5/h6-9,15-16H,10-14H2,1-5H3,(H,21,23)/t15-,16+. The third-order valence-electron chi connectivity index (χ3n) is 4.81. The predicted octanol–water partition coefficient (Wildman–Crippen LogP) is 2.63. The smallest absolute Gasteiger partial charge is 0.220 e. The number of ether oxygens (including phenoxy) is 2. The first kappa shape index (κ1) is 19.7. The summed E-state index contributed by atoms with van der Waals surface area (Å²) in [6, 6.07) is 7.85. The van der Waals surface area contributed by atoms with Gasteiger partial charge in [-0.3, -0.25) is 9.69 Å². The highest BCUT2D eigenvalue weighted by molar-refractivity contribution is 5.76. The maximum Gasteiger partial charge on any atom is 0.220 e. The molecule has 1 aliphatic heterocycles. The number of morpholine rings is 1. The van der Waals surface area contributed by atoms with Gasteiger partial charge in [-0.2, -0.15) is 0 Å². The van der Waals surface area contributed by atoms with E-state index in [0.717, 1.165) is 24.4 Å². The number of aryl methyl sites for hydroxylation is 1. The van der Waals surface area contributed by atoms with Crippen LogP contribution in [0.25, 0.3) is 0 Å². The van der Waals surface area contributed by atoms with Gasteiger partial charge in [-0.1, -0.05) is 18.2 Å².